The third-order valence-corrected chi connectivity index (χ3v) is 5.24. The number of ether oxygens (including phenoxy) is 1. The average molecular weight is 533 g/mol. The highest BCUT2D eigenvalue weighted by molar-refractivity contribution is 5.97. The van der Waals surface area contributed by atoms with Crippen molar-refractivity contribution in [1.82, 2.24) is 4.90 Å². The first-order valence-corrected chi connectivity index (χ1v) is 10.4. The Morgan fingerprint density at radius 3 is 2.27 bits per heavy atom. The highest BCUT2D eigenvalue weighted by Gasteiger charge is 2.44. The van der Waals surface area contributed by atoms with E-state index in [9.17, 15) is 40.3 Å². The van der Waals surface area contributed by atoms with E-state index in [-0.39, 0.29) is 37.5 Å². The predicted octanol–water partition coefficient (Wildman–Crippen LogP) is 4.74. The maximum Gasteiger partial charge on any atom is 0.420 e. The van der Waals surface area contributed by atoms with E-state index in [1.54, 1.807) is 0 Å². The Morgan fingerprint density at radius 1 is 1.05 bits per heavy atom. The van der Waals surface area contributed by atoms with Crippen LogP contribution in [0.1, 0.15) is 11.1 Å². The van der Waals surface area contributed by atoms with E-state index in [1.165, 1.54) is 0 Å². The van der Waals surface area contributed by atoms with Gasteiger partial charge in [-0.1, -0.05) is 11.8 Å². The molecule has 1 aliphatic heterocycles. The Morgan fingerprint density at radius 2 is 1.70 bits per heavy atom. The van der Waals surface area contributed by atoms with Crippen LogP contribution in [0.5, 0.6) is 5.75 Å². The molecule has 7 nitrogen and oxygen atoms in total. The van der Waals surface area contributed by atoms with Crippen molar-refractivity contribution in [3.8, 4) is 17.6 Å². The number of aliphatic hydroxyl groups excluding tert-OH is 1. The molecule has 2 aromatic rings. The topological polar surface area (TPSA) is 73.3 Å². The zero-order valence-corrected chi connectivity index (χ0v) is 19.0. The largest absolute Gasteiger partial charge is 0.420 e. The number of hydrogen-bond acceptors (Lipinski definition) is 4. The molecule has 1 heterocycles. The standard InChI is InChI=1S/C23H18F7N3O4/c1-31(16-6-4-15(24)5-7-16)21(36)37-19-17(23(28,29)30)12-14(22(25,26)27)13-18(19)33-10-9-32(20(33)35)8-2-3-11-34/h4-7,12-13,34H,8-11H2,1H3. The summed E-state index contributed by atoms with van der Waals surface area (Å²) in [5.74, 6) is 2.74. The van der Waals surface area contributed by atoms with Gasteiger partial charge in [0.2, 0.25) is 0 Å². The molecule has 0 bridgehead atoms. The minimum absolute atomic E-state index is 0.0132. The molecular formula is C23H18F7N3O4. The number of benzene rings is 2. The van der Waals surface area contributed by atoms with Gasteiger partial charge in [-0.15, -0.1) is 0 Å². The van der Waals surface area contributed by atoms with Gasteiger partial charge in [0.05, 0.1) is 17.8 Å². The molecule has 0 atom stereocenters. The molecule has 1 saturated heterocycles. The van der Waals surface area contributed by atoms with Crippen LogP contribution in [-0.2, 0) is 12.4 Å². The number of hydrogen-bond donors (Lipinski definition) is 1. The minimum Gasteiger partial charge on any atom is -0.407 e. The summed E-state index contributed by atoms with van der Waals surface area (Å²) >= 11 is 0. The number of alkyl halides is 6. The number of carbonyl (C=O) groups excluding carboxylic acids is 2. The van der Waals surface area contributed by atoms with Gasteiger partial charge >= 0.3 is 24.5 Å². The van der Waals surface area contributed by atoms with Gasteiger partial charge in [-0.2, -0.15) is 26.3 Å². The zero-order valence-electron chi connectivity index (χ0n) is 19.0. The van der Waals surface area contributed by atoms with Crippen molar-refractivity contribution in [1.29, 1.82) is 0 Å². The SMILES string of the molecule is CN(C(=O)Oc1c(N2CCN(CC#CCO)C2=O)cc(C(F)(F)F)cc1C(F)(F)F)c1ccc(F)cc1. The molecule has 1 aliphatic rings. The van der Waals surface area contributed by atoms with E-state index in [0.29, 0.717) is 9.80 Å². The Bertz CT molecular complexity index is 1230. The van der Waals surface area contributed by atoms with Crippen LogP contribution in [0.25, 0.3) is 0 Å². The van der Waals surface area contributed by atoms with Crippen LogP contribution in [0.3, 0.4) is 0 Å². The fourth-order valence-electron chi connectivity index (χ4n) is 3.38. The van der Waals surface area contributed by atoms with E-state index in [2.05, 4.69) is 11.8 Å². The molecule has 198 valence electrons. The molecule has 14 heteroatoms. The summed E-state index contributed by atoms with van der Waals surface area (Å²) in [7, 11) is 1.09. The maximum atomic E-state index is 13.9. The summed E-state index contributed by atoms with van der Waals surface area (Å²) in [4.78, 5) is 27.9. The summed E-state index contributed by atoms with van der Waals surface area (Å²) in [5, 5.41) is 8.74. The molecule has 1 N–H and O–H groups in total. The van der Waals surface area contributed by atoms with Crippen LogP contribution < -0.4 is 14.5 Å². The molecule has 0 unspecified atom stereocenters. The van der Waals surface area contributed by atoms with Gasteiger partial charge in [0.15, 0.2) is 5.75 Å². The Kier molecular flexibility index (Phi) is 7.87. The first kappa shape index (κ1) is 27.6. The van der Waals surface area contributed by atoms with Crippen LogP contribution in [0.2, 0.25) is 0 Å². The lowest BCUT2D eigenvalue weighted by atomic mass is 10.1. The lowest BCUT2D eigenvalue weighted by Crippen LogP contribution is -2.34. The molecule has 1 fully saturated rings. The third kappa shape index (κ3) is 6.23. The van der Waals surface area contributed by atoms with E-state index in [1.807, 2.05) is 0 Å². The fraction of sp³-hybridized carbons (Fsp3) is 0.304. The lowest BCUT2D eigenvalue weighted by molar-refractivity contribution is -0.143. The lowest BCUT2D eigenvalue weighted by Gasteiger charge is -2.25. The molecule has 2 aromatic carbocycles. The van der Waals surface area contributed by atoms with Crippen LogP contribution in [0, 0.1) is 17.7 Å². The Balaban J connectivity index is 2.10. The molecule has 0 radical (unpaired) electrons. The Labute approximate surface area is 205 Å². The van der Waals surface area contributed by atoms with Gasteiger partial charge in [0.1, 0.15) is 18.0 Å². The molecule has 3 rings (SSSR count). The highest BCUT2D eigenvalue weighted by atomic mass is 19.4. The zero-order chi connectivity index (χ0) is 27.5. The van der Waals surface area contributed by atoms with Crippen LogP contribution in [0.4, 0.5) is 51.7 Å². The molecule has 0 aromatic heterocycles. The second kappa shape index (κ2) is 10.6. The van der Waals surface area contributed by atoms with Crippen molar-refractivity contribution in [2.24, 2.45) is 0 Å². The highest BCUT2D eigenvalue weighted by Crippen LogP contribution is 2.46. The summed E-state index contributed by atoms with van der Waals surface area (Å²) in [6.07, 6.45) is -12.1. The monoisotopic (exact) mass is 533 g/mol. The second-order valence-electron chi connectivity index (χ2n) is 7.64. The molecule has 3 amide bonds. The van der Waals surface area contributed by atoms with Gasteiger partial charge in [0, 0.05) is 25.8 Å². The average Bonchev–Trinajstić information content (AvgIpc) is 3.17. The van der Waals surface area contributed by atoms with Crippen molar-refractivity contribution in [2.45, 2.75) is 12.4 Å². The third-order valence-electron chi connectivity index (χ3n) is 5.24. The predicted molar refractivity (Wildman–Crippen MR) is 116 cm³/mol. The normalized spacial score (nSPS) is 13.9. The smallest absolute Gasteiger partial charge is 0.407 e. The number of anilines is 2. The van der Waals surface area contributed by atoms with Gasteiger partial charge in [-0.25, -0.2) is 14.0 Å². The van der Waals surface area contributed by atoms with E-state index in [0.717, 1.165) is 36.2 Å². The minimum atomic E-state index is -5.41. The van der Waals surface area contributed by atoms with E-state index < -0.39 is 59.5 Å². The molecule has 0 saturated carbocycles. The summed E-state index contributed by atoms with van der Waals surface area (Å²) in [5.41, 5.74) is -4.55. The number of halogens is 7. The number of urea groups is 1. The van der Waals surface area contributed by atoms with Crippen LogP contribution in [-0.4, -0.2) is 55.4 Å². The molecule has 0 spiro atoms. The van der Waals surface area contributed by atoms with Crippen molar-refractivity contribution >= 4 is 23.5 Å². The first-order valence-electron chi connectivity index (χ1n) is 10.4. The molecule has 0 aliphatic carbocycles. The van der Waals surface area contributed by atoms with Gasteiger partial charge in [-0.05, 0) is 36.4 Å². The van der Waals surface area contributed by atoms with Gasteiger partial charge in [-0.3, -0.25) is 9.80 Å². The summed E-state index contributed by atoms with van der Waals surface area (Å²) in [6, 6.07) is 3.30. The number of nitrogens with zero attached hydrogens (tertiary/aromatic N) is 3. The number of rotatable bonds is 4. The Hall–Kier alpha value is -3.99. The van der Waals surface area contributed by atoms with E-state index >= 15 is 0 Å². The summed E-state index contributed by atoms with van der Waals surface area (Å²) < 4.78 is 100. The van der Waals surface area contributed by atoms with Crippen molar-refractivity contribution in [3.63, 3.8) is 0 Å². The van der Waals surface area contributed by atoms with Gasteiger partial charge < -0.3 is 14.7 Å². The molecular weight excluding hydrogens is 515 g/mol. The van der Waals surface area contributed by atoms with Crippen molar-refractivity contribution < 1.29 is 50.2 Å². The quantitative estimate of drug-likeness (QED) is 0.456. The number of amides is 3. The van der Waals surface area contributed by atoms with E-state index in [4.69, 9.17) is 9.84 Å². The van der Waals surface area contributed by atoms with Crippen molar-refractivity contribution in [3.05, 3.63) is 53.3 Å². The maximum absolute atomic E-state index is 13.9. The fourth-order valence-corrected chi connectivity index (χ4v) is 3.38. The number of aliphatic hydroxyl groups is 1. The first-order chi connectivity index (χ1) is 17.2. The molecule has 37 heavy (non-hydrogen) atoms. The second-order valence-corrected chi connectivity index (χ2v) is 7.64. The van der Waals surface area contributed by atoms with Gasteiger partial charge in [0.25, 0.3) is 0 Å². The van der Waals surface area contributed by atoms with Crippen LogP contribution >= 0.6 is 0 Å². The van der Waals surface area contributed by atoms with Crippen LogP contribution in [0.15, 0.2) is 36.4 Å². The van der Waals surface area contributed by atoms with Crippen molar-refractivity contribution in [2.75, 3.05) is 43.1 Å². The number of carbonyl (C=O) groups is 2. The summed E-state index contributed by atoms with van der Waals surface area (Å²) in [6.45, 7) is -1.21.